The van der Waals surface area contributed by atoms with E-state index in [9.17, 15) is 54.8 Å². The Bertz CT molecular complexity index is 1810. The van der Waals surface area contributed by atoms with Crippen LogP contribution in [0.25, 0.3) is 0 Å². The molecule has 2 rings (SSSR count). The zero-order chi connectivity index (χ0) is 57.4. The second kappa shape index (κ2) is 26.9. The fourth-order valence-electron chi connectivity index (χ4n) is 5.59. The minimum atomic E-state index is -6.02. The van der Waals surface area contributed by atoms with E-state index in [0.29, 0.717) is 0 Å². The maximum atomic E-state index is 11.4. The quantitative estimate of drug-likeness (QED) is 0.0316. The first-order valence-electron chi connectivity index (χ1n) is 16.0. The van der Waals surface area contributed by atoms with Gasteiger partial charge in [0.05, 0.1) is 0 Å². The summed E-state index contributed by atoms with van der Waals surface area (Å²) in [7, 11) is -72.2. The molecule has 48 nitrogen and oxygen atoms in total. The number of hydrogen-bond acceptors (Lipinski definition) is 24. The predicted octanol–water partition coefficient (Wildman–Crippen LogP) is -6.65. The van der Waals surface area contributed by atoms with Gasteiger partial charge in [-0.3, -0.25) is 54.3 Å². The van der Waals surface area contributed by atoms with Crippen molar-refractivity contribution in [3.05, 3.63) is 0 Å². The Morgan fingerprint density at radius 2 is 0.192 bits per heavy atom. The Morgan fingerprint density at radius 1 is 0.151 bits per heavy atom. The summed E-state index contributed by atoms with van der Waals surface area (Å²) in [6, 6.07) is 0. The van der Waals surface area contributed by atoms with Crippen LogP contribution in [-0.4, -0.2) is 228 Å². The molecule has 0 aliphatic heterocycles. The fraction of sp³-hybridized carbons (Fsp3) is 1.00. The standard InChI is InChI=1S/2C6H18O24P6.Ca/c2*7-31(8,9)25-1-2(26-32(10,11)12)4(28-34(16,17)18)6(30-36(22,23)24)5(29-35(19,20)21)3(1)27-33(13,14)15;/h2*1-6H,(H2,7,8,9)(H2,10,11,12)(H2,13,14,15)(H2,16,17,18)(H2,19,20,21)(H2,22,23,24);. The molecule has 2 aliphatic rings. The Balaban J connectivity index is 0.00000140. The van der Waals surface area contributed by atoms with Gasteiger partial charge in [0, 0.05) is 37.7 Å². The second-order valence-corrected chi connectivity index (χ2v) is 27.0. The van der Waals surface area contributed by atoms with Crippen molar-refractivity contribution in [1.82, 2.24) is 0 Å². The normalized spacial score (nSPS) is 28.9. The third kappa shape index (κ3) is 32.1. The molecule has 434 valence electrons. The smallest absolute Gasteiger partial charge is 0.303 e. The summed E-state index contributed by atoms with van der Waals surface area (Å²) in [5.74, 6) is 0. The second-order valence-electron chi connectivity index (χ2n) is 12.7. The van der Waals surface area contributed by atoms with E-state index in [2.05, 4.69) is 54.3 Å². The first-order chi connectivity index (χ1) is 31.1. The van der Waals surface area contributed by atoms with E-state index in [1.165, 1.54) is 0 Å². The summed E-state index contributed by atoms with van der Waals surface area (Å²) in [6.45, 7) is 0. The Labute approximate surface area is 429 Å². The van der Waals surface area contributed by atoms with Crippen molar-refractivity contribution >= 4 is 132 Å². The van der Waals surface area contributed by atoms with Gasteiger partial charge >= 0.3 is 93.9 Å². The van der Waals surface area contributed by atoms with Gasteiger partial charge in [-0.15, -0.1) is 0 Å². The first-order valence-corrected chi connectivity index (χ1v) is 34.4. The van der Waals surface area contributed by atoms with Crippen LogP contribution in [0.5, 0.6) is 0 Å². The monoisotopic (exact) mass is 1360 g/mol. The predicted molar refractivity (Wildman–Crippen MR) is 209 cm³/mol. The molecule has 0 bridgehead atoms. The molecule has 0 amide bonds. The van der Waals surface area contributed by atoms with Gasteiger partial charge < -0.3 is 117 Å². The van der Waals surface area contributed by atoms with Gasteiger partial charge in [0.1, 0.15) is 73.2 Å². The van der Waals surface area contributed by atoms with Gasteiger partial charge in [-0.25, -0.2) is 54.8 Å². The number of phosphoric acid groups is 12. The molecule has 24 N–H and O–H groups in total. The van der Waals surface area contributed by atoms with Crippen molar-refractivity contribution in [2.24, 2.45) is 0 Å². The van der Waals surface area contributed by atoms with E-state index >= 15 is 0 Å². The largest absolute Gasteiger partial charge is 0.470 e. The fourth-order valence-corrected chi connectivity index (χ4v) is 12.3. The van der Waals surface area contributed by atoms with E-state index in [4.69, 9.17) is 117 Å². The minimum Gasteiger partial charge on any atom is -0.303 e. The molecule has 0 heterocycles. The van der Waals surface area contributed by atoms with Gasteiger partial charge in [0.25, 0.3) is 0 Å². The SMILES string of the molecule is O=P(O)(O)OC1C(OP(=O)(O)O)C(OP(=O)(O)O)C(OP(=O)(O)O)C(OP(=O)(O)O)C1OP(=O)(O)O.O=P(O)(O)OC1C(OP(=O)(O)O)C(OP(=O)(O)O)C(OP(=O)(O)O)C(OP(=O)(O)O)C1OP(=O)(O)O.[Ca]. The zero-order valence-corrected chi connectivity index (χ0v) is 46.5. The molecule has 2 fully saturated rings. The summed E-state index contributed by atoms with van der Waals surface area (Å²) in [5, 5.41) is 0. The van der Waals surface area contributed by atoms with E-state index < -0.39 is 167 Å². The van der Waals surface area contributed by atoms with E-state index in [-0.39, 0.29) is 37.7 Å². The van der Waals surface area contributed by atoms with Crippen molar-refractivity contribution < 1.29 is 227 Å². The van der Waals surface area contributed by atoms with Crippen LogP contribution in [0, 0.1) is 0 Å². The molecule has 0 aromatic carbocycles. The summed E-state index contributed by atoms with van der Waals surface area (Å²) in [4.78, 5) is 219. The molecule has 2 aliphatic carbocycles. The molecule has 0 aromatic rings. The molecule has 61 heteroatoms. The van der Waals surface area contributed by atoms with Crippen LogP contribution in [-0.2, 0) is 109 Å². The molecular formula is C12H36CaO48P12. The van der Waals surface area contributed by atoms with E-state index in [0.717, 1.165) is 0 Å². The van der Waals surface area contributed by atoms with Crippen LogP contribution in [0.2, 0.25) is 0 Å². The molecule has 0 unspecified atom stereocenters. The molecule has 0 atom stereocenters. The first kappa shape index (κ1) is 75.6. The zero-order valence-electron chi connectivity index (χ0n) is 33.5. The van der Waals surface area contributed by atoms with Gasteiger partial charge in [-0.2, -0.15) is 0 Å². The van der Waals surface area contributed by atoms with Crippen LogP contribution in [0.3, 0.4) is 0 Å². The molecule has 0 spiro atoms. The number of rotatable bonds is 24. The number of hydrogen-bond donors (Lipinski definition) is 24. The van der Waals surface area contributed by atoms with Gasteiger partial charge in [0.15, 0.2) is 0 Å². The van der Waals surface area contributed by atoms with Crippen LogP contribution in [0.1, 0.15) is 0 Å². The van der Waals surface area contributed by atoms with Crippen LogP contribution in [0.15, 0.2) is 0 Å². The van der Waals surface area contributed by atoms with Crippen molar-refractivity contribution in [3.63, 3.8) is 0 Å². The van der Waals surface area contributed by atoms with E-state index in [1.54, 1.807) is 0 Å². The van der Waals surface area contributed by atoms with E-state index in [1.807, 2.05) is 0 Å². The summed E-state index contributed by atoms with van der Waals surface area (Å²) in [5.41, 5.74) is 0. The molecule has 2 radical (unpaired) electrons. The molecule has 73 heavy (non-hydrogen) atoms. The van der Waals surface area contributed by atoms with Crippen LogP contribution >= 0.6 is 93.9 Å². The summed E-state index contributed by atoms with van der Waals surface area (Å²) < 4.78 is 186. The van der Waals surface area contributed by atoms with Crippen molar-refractivity contribution in [1.29, 1.82) is 0 Å². The van der Waals surface area contributed by atoms with Gasteiger partial charge in [-0.1, -0.05) is 0 Å². The Morgan fingerprint density at radius 3 is 0.219 bits per heavy atom. The summed E-state index contributed by atoms with van der Waals surface area (Å²) >= 11 is 0. The maximum Gasteiger partial charge on any atom is 0.470 e. The van der Waals surface area contributed by atoms with Crippen molar-refractivity contribution in [2.75, 3.05) is 0 Å². The molecule has 0 saturated heterocycles. The molecular weight excluding hydrogens is 1320 g/mol. The minimum absolute atomic E-state index is 0. The Hall–Kier alpha value is 2.58. The molecule has 0 aromatic heterocycles. The Kier molecular flexibility index (Phi) is 27.8. The average molecular weight is 1360 g/mol. The molecule has 2 saturated carbocycles. The summed E-state index contributed by atoms with van der Waals surface area (Å²) in [6.07, 6.45) is -37.7. The van der Waals surface area contributed by atoms with Crippen LogP contribution in [0.4, 0.5) is 0 Å². The maximum absolute atomic E-state index is 11.4. The third-order valence-electron chi connectivity index (χ3n) is 6.99. The van der Waals surface area contributed by atoms with Crippen molar-refractivity contribution in [2.45, 2.75) is 73.2 Å². The topological polar surface area (TPSA) is 801 Å². The van der Waals surface area contributed by atoms with Gasteiger partial charge in [0.2, 0.25) is 0 Å². The van der Waals surface area contributed by atoms with Gasteiger partial charge in [-0.05, 0) is 0 Å². The van der Waals surface area contributed by atoms with Crippen LogP contribution < -0.4 is 0 Å². The number of phosphoric ester groups is 12. The average Bonchev–Trinajstić information content (AvgIpc) is 3.01. The van der Waals surface area contributed by atoms with Crippen molar-refractivity contribution in [3.8, 4) is 0 Å². The third-order valence-corrected chi connectivity index (χ3v) is 13.2.